The van der Waals surface area contributed by atoms with Crippen molar-refractivity contribution in [1.29, 1.82) is 0 Å². The van der Waals surface area contributed by atoms with Crippen molar-refractivity contribution in [3.05, 3.63) is 35.9 Å². The van der Waals surface area contributed by atoms with Gasteiger partial charge in [0.15, 0.2) is 9.84 Å². The summed E-state index contributed by atoms with van der Waals surface area (Å²) in [4.78, 5) is 10.9. The molecule has 4 nitrogen and oxygen atoms in total. The number of carbonyl (C=O) groups is 1. The van der Waals surface area contributed by atoms with Gasteiger partial charge in [-0.2, -0.15) is 0 Å². The Bertz CT molecular complexity index is 450. The smallest absolute Gasteiger partial charge is 0.303 e. The third-order valence-electron chi connectivity index (χ3n) is 1.93. The summed E-state index contributed by atoms with van der Waals surface area (Å²) in [6.07, 6.45) is 0.389. The second-order valence-corrected chi connectivity index (χ2v) is 5.79. The molecule has 0 bridgehead atoms. The molecule has 0 aliphatic carbocycles. The van der Waals surface area contributed by atoms with Crippen LogP contribution in [0.3, 0.4) is 0 Å². The van der Waals surface area contributed by atoms with Crippen LogP contribution in [0.2, 0.25) is 0 Å². The molecular formula is C11H14O4S. The number of rotatable bonds is 4. The Morgan fingerprint density at radius 1 is 1.31 bits per heavy atom. The van der Waals surface area contributed by atoms with Crippen LogP contribution in [0.4, 0.5) is 0 Å². The Morgan fingerprint density at radius 3 is 2.31 bits per heavy atom. The van der Waals surface area contributed by atoms with Gasteiger partial charge in [-0.15, -0.1) is 0 Å². The van der Waals surface area contributed by atoms with E-state index in [1.54, 1.807) is 24.3 Å². The van der Waals surface area contributed by atoms with Crippen molar-refractivity contribution in [3.63, 3.8) is 0 Å². The maximum absolute atomic E-state index is 11.2. The lowest BCUT2D eigenvalue weighted by atomic mass is 10.1. The third kappa shape index (κ3) is 4.44. The van der Waals surface area contributed by atoms with E-state index in [0.717, 1.165) is 6.26 Å². The van der Waals surface area contributed by atoms with Gasteiger partial charge in [-0.1, -0.05) is 30.3 Å². The van der Waals surface area contributed by atoms with Crippen molar-refractivity contribution >= 4 is 15.8 Å². The first-order valence-corrected chi connectivity index (χ1v) is 6.84. The molecule has 1 rings (SSSR count). The lowest BCUT2D eigenvalue weighted by molar-refractivity contribution is -0.145. The molecule has 1 aromatic rings. The van der Waals surface area contributed by atoms with Crippen molar-refractivity contribution in [2.45, 2.75) is 13.0 Å². The van der Waals surface area contributed by atoms with Crippen LogP contribution in [0, 0.1) is 0 Å². The fraction of sp³-hybridized carbons (Fsp3) is 0.364. The highest BCUT2D eigenvalue weighted by Crippen LogP contribution is 2.19. The summed E-state index contributed by atoms with van der Waals surface area (Å²) in [6, 6.07) is 8.83. The minimum Gasteiger partial charge on any atom is -0.457 e. The number of ether oxygens (including phenoxy) is 1. The molecule has 0 saturated carbocycles. The van der Waals surface area contributed by atoms with Crippen LogP contribution in [-0.4, -0.2) is 26.4 Å². The molecule has 0 spiro atoms. The zero-order chi connectivity index (χ0) is 12.2. The Balaban J connectivity index is 2.92. The average Bonchev–Trinajstić information content (AvgIpc) is 2.15. The van der Waals surface area contributed by atoms with E-state index in [1.807, 2.05) is 6.07 Å². The molecule has 0 aliphatic heterocycles. The zero-order valence-electron chi connectivity index (χ0n) is 9.21. The van der Waals surface area contributed by atoms with Gasteiger partial charge in [0.25, 0.3) is 0 Å². The van der Waals surface area contributed by atoms with Crippen LogP contribution in [0.5, 0.6) is 0 Å². The predicted octanol–water partition coefficient (Wildman–Crippen LogP) is 1.34. The average molecular weight is 242 g/mol. The SMILES string of the molecule is CC(=O)OC(CS(C)(=O)=O)c1ccccc1. The second kappa shape index (κ2) is 5.12. The molecule has 0 amide bonds. The van der Waals surface area contributed by atoms with Crippen LogP contribution in [0.15, 0.2) is 30.3 Å². The lowest BCUT2D eigenvalue weighted by Crippen LogP contribution is -2.18. The number of benzene rings is 1. The molecule has 0 N–H and O–H groups in total. The highest BCUT2D eigenvalue weighted by Gasteiger charge is 2.19. The number of hydrogen-bond acceptors (Lipinski definition) is 4. The van der Waals surface area contributed by atoms with Gasteiger partial charge in [0.1, 0.15) is 6.10 Å². The molecule has 16 heavy (non-hydrogen) atoms. The van der Waals surface area contributed by atoms with Crippen molar-refractivity contribution in [3.8, 4) is 0 Å². The van der Waals surface area contributed by atoms with E-state index in [2.05, 4.69) is 0 Å². The van der Waals surface area contributed by atoms with Gasteiger partial charge in [-0.05, 0) is 5.56 Å². The Morgan fingerprint density at radius 2 is 1.88 bits per heavy atom. The summed E-state index contributed by atoms with van der Waals surface area (Å²) in [5, 5.41) is 0. The van der Waals surface area contributed by atoms with Crippen LogP contribution in [0.25, 0.3) is 0 Å². The molecular weight excluding hydrogens is 228 g/mol. The molecule has 0 heterocycles. The van der Waals surface area contributed by atoms with E-state index in [1.165, 1.54) is 6.92 Å². The second-order valence-electron chi connectivity index (χ2n) is 3.60. The minimum atomic E-state index is -3.19. The van der Waals surface area contributed by atoms with Crippen molar-refractivity contribution in [2.75, 3.05) is 12.0 Å². The van der Waals surface area contributed by atoms with Crippen LogP contribution >= 0.6 is 0 Å². The first-order chi connectivity index (χ1) is 7.38. The minimum absolute atomic E-state index is 0.198. The predicted molar refractivity (Wildman–Crippen MR) is 60.7 cm³/mol. The fourth-order valence-corrected chi connectivity index (χ4v) is 2.15. The van der Waals surface area contributed by atoms with Gasteiger partial charge in [0, 0.05) is 13.2 Å². The van der Waals surface area contributed by atoms with E-state index in [4.69, 9.17) is 4.74 Å². The molecule has 1 unspecified atom stereocenters. The van der Waals surface area contributed by atoms with E-state index in [9.17, 15) is 13.2 Å². The Labute approximate surface area is 95.2 Å². The van der Waals surface area contributed by atoms with Crippen molar-refractivity contribution < 1.29 is 17.9 Å². The zero-order valence-corrected chi connectivity index (χ0v) is 10.0. The topological polar surface area (TPSA) is 60.4 Å². The first-order valence-electron chi connectivity index (χ1n) is 4.78. The Kier molecular flexibility index (Phi) is 4.06. The summed E-state index contributed by atoms with van der Waals surface area (Å²) in [5.41, 5.74) is 0.683. The maximum Gasteiger partial charge on any atom is 0.303 e. The highest BCUT2D eigenvalue weighted by molar-refractivity contribution is 7.90. The molecule has 0 aliphatic rings. The summed E-state index contributed by atoms with van der Waals surface area (Å²) in [5.74, 6) is -0.686. The molecule has 0 saturated heterocycles. The quantitative estimate of drug-likeness (QED) is 0.747. The van der Waals surface area contributed by atoms with E-state index >= 15 is 0 Å². The van der Waals surface area contributed by atoms with Gasteiger partial charge < -0.3 is 4.74 Å². The van der Waals surface area contributed by atoms with Crippen molar-refractivity contribution in [1.82, 2.24) is 0 Å². The number of sulfone groups is 1. The standard InChI is InChI=1S/C11H14O4S/c1-9(12)15-11(8-16(2,13)14)10-6-4-3-5-7-10/h3-7,11H,8H2,1-2H3. The van der Waals surface area contributed by atoms with Crippen LogP contribution < -0.4 is 0 Å². The molecule has 1 aromatic carbocycles. The van der Waals surface area contributed by atoms with Crippen LogP contribution in [-0.2, 0) is 19.4 Å². The van der Waals surface area contributed by atoms with E-state index in [0.29, 0.717) is 5.56 Å². The molecule has 0 fully saturated rings. The van der Waals surface area contributed by atoms with Gasteiger partial charge >= 0.3 is 5.97 Å². The monoisotopic (exact) mass is 242 g/mol. The van der Waals surface area contributed by atoms with E-state index in [-0.39, 0.29) is 5.75 Å². The third-order valence-corrected chi connectivity index (χ3v) is 2.84. The summed E-state index contributed by atoms with van der Waals surface area (Å²) in [7, 11) is -3.19. The van der Waals surface area contributed by atoms with E-state index < -0.39 is 21.9 Å². The normalized spacial score (nSPS) is 13.1. The first kappa shape index (κ1) is 12.7. The molecule has 0 radical (unpaired) electrons. The molecule has 0 aromatic heterocycles. The summed E-state index contributed by atoms with van der Waals surface area (Å²) >= 11 is 0. The molecule has 1 atom stereocenters. The van der Waals surface area contributed by atoms with Gasteiger partial charge in [-0.25, -0.2) is 8.42 Å². The molecule has 88 valence electrons. The fourth-order valence-electron chi connectivity index (χ4n) is 1.34. The molecule has 5 heteroatoms. The summed E-state index contributed by atoms with van der Waals surface area (Å²) < 4.78 is 27.4. The number of carbonyl (C=O) groups excluding carboxylic acids is 1. The van der Waals surface area contributed by atoms with Crippen molar-refractivity contribution in [2.24, 2.45) is 0 Å². The van der Waals surface area contributed by atoms with Gasteiger partial charge in [0.05, 0.1) is 5.75 Å². The van der Waals surface area contributed by atoms with Gasteiger partial charge in [0.2, 0.25) is 0 Å². The Hall–Kier alpha value is -1.36. The largest absolute Gasteiger partial charge is 0.457 e. The number of hydrogen-bond donors (Lipinski definition) is 0. The maximum atomic E-state index is 11.2. The van der Waals surface area contributed by atoms with Crippen LogP contribution in [0.1, 0.15) is 18.6 Å². The highest BCUT2D eigenvalue weighted by atomic mass is 32.2. The number of esters is 1. The summed E-state index contributed by atoms with van der Waals surface area (Å²) in [6.45, 7) is 1.26. The lowest BCUT2D eigenvalue weighted by Gasteiger charge is -2.16. The van der Waals surface area contributed by atoms with Gasteiger partial charge in [-0.3, -0.25) is 4.79 Å².